The second-order valence-corrected chi connectivity index (χ2v) is 6.01. The standard InChI is InChI=1S/C14H25NO3/c1-7-12(16)18-11-9-13(3,4)15(17-8-2)14(5,6)10-11/h7,11H,1,8-10H2,2-6H3. The van der Waals surface area contributed by atoms with E-state index in [1.165, 1.54) is 6.08 Å². The Hall–Kier alpha value is -0.870. The summed E-state index contributed by atoms with van der Waals surface area (Å²) >= 11 is 0. The molecule has 0 amide bonds. The Kier molecular flexibility index (Phi) is 4.56. The van der Waals surface area contributed by atoms with Gasteiger partial charge in [-0.05, 0) is 34.6 Å². The molecule has 1 saturated heterocycles. The quantitative estimate of drug-likeness (QED) is 0.572. The van der Waals surface area contributed by atoms with E-state index < -0.39 is 0 Å². The predicted octanol–water partition coefficient (Wildman–Crippen LogP) is 2.69. The van der Waals surface area contributed by atoms with Gasteiger partial charge in [0.2, 0.25) is 0 Å². The molecule has 104 valence electrons. The summed E-state index contributed by atoms with van der Waals surface area (Å²) in [6, 6.07) is 0. The Balaban J connectivity index is 2.83. The summed E-state index contributed by atoms with van der Waals surface area (Å²) in [6.45, 7) is 14.5. The molecule has 4 heteroatoms. The minimum Gasteiger partial charge on any atom is -0.459 e. The fourth-order valence-corrected chi connectivity index (χ4v) is 2.95. The normalized spacial score (nSPS) is 23.6. The van der Waals surface area contributed by atoms with Crippen molar-refractivity contribution in [2.75, 3.05) is 6.61 Å². The van der Waals surface area contributed by atoms with Gasteiger partial charge < -0.3 is 4.74 Å². The molecule has 0 radical (unpaired) electrons. The van der Waals surface area contributed by atoms with Crippen LogP contribution >= 0.6 is 0 Å². The average molecular weight is 255 g/mol. The zero-order chi connectivity index (χ0) is 14.0. The first-order chi connectivity index (χ1) is 8.23. The first-order valence-electron chi connectivity index (χ1n) is 6.49. The van der Waals surface area contributed by atoms with Crippen molar-refractivity contribution < 1.29 is 14.4 Å². The Morgan fingerprint density at radius 1 is 1.33 bits per heavy atom. The molecule has 4 nitrogen and oxygen atoms in total. The van der Waals surface area contributed by atoms with Crippen molar-refractivity contribution in [3.63, 3.8) is 0 Å². The van der Waals surface area contributed by atoms with E-state index in [0.717, 1.165) is 12.8 Å². The van der Waals surface area contributed by atoms with Gasteiger partial charge in [-0.2, -0.15) is 5.06 Å². The van der Waals surface area contributed by atoms with Crippen molar-refractivity contribution in [3.8, 4) is 0 Å². The molecule has 0 aromatic carbocycles. The van der Waals surface area contributed by atoms with Gasteiger partial charge in [0.25, 0.3) is 0 Å². The zero-order valence-corrected chi connectivity index (χ0v) is 12.2. The molecule has 0 N–H and O–H groups in total. The van der Waals surface area contributed by atoms with Crippen LogP contribution in [0.25, 0.3) is 0 Å². The maximum Gasteiger partial charge on any atom is 0.330 e. The molecule has 0 aromatic heterocycles. The molecule has 1 aliphatic heterocycles. The van der Waals surface area contributed by atoms with Crippen LogP contribution in [-0.2, 0) is 14.4 Å². The number of rotatable bonds is 4. The Morgan fingerprint density at radius 2 is 1.83 bits per heavy atom. The SMILES string of the molecule is C=CC(=O)OC1CC(C)(C)N(OCC)C(C)(C)C1. The van der Waals surface area contributed by atoms with Gasteiger partial charge in [0.1, 0.15) is 6.10 Å². The van der Waals surface area contributed by atoms with Crippen LogP contribution in [0, 0.1) is 0 Å². The van der Waals surface area contributed by atoms with E-state index in [2.05, 4.69) is 34.3 Å². The summed E-state index contributed by atoms with van der Waals surface area (Å²) in [5.74, 6) is -0.351. The van der Waals surface area contributed by atoms with Crippen LogP contribution < -0.4 is 0 Å². The summed E-state index contributed by atoms with van der Waals surface area (Å²) in [4.78, 5) is 17.1. The lowest BCUT2D eigenvalue weighted by Crippen LogP contribution is -2.62. The van der Waals surface area contributed by atoms with Crippen molar-refractivity contribution in [3.05, 3.63) is 12.7 Å². The molecule has 0 unspecified atom stereocenters. The highest BCUT2D eigenvalue weighted by molar-refractivity contribution is 5.81. The molecule has 0 saturated carbocycles. The largest absolute Gasteiger partial charge is 0.459 e. The van der Waals surface area contributed by atoms with Crippen LogP contribution in [0.3, 0.4) is 0 Å². The van der Waals surface area contributed by atoms with Crippen LogP contribution in [0.1, 0.15) is 47.5 Å². The van der Waals surface area contributed by atoms with E-state index in [-0.39, 0.29) is 23.2 Å². The molecule has 0 aromatic rings. The maximum atomic E-state index is 11.3. The monoisotopic (exact) mass is 255 g/mol. The van der Waals surface area contributed by atoms with Gasteiger partial charge in [0, 0.05) is 30.0 Å². The second-order valence-electron chi connectivity index (χ2n) is 6.01. The minimum atomic E-state index is -0.351. The van der Waals surface area contributed by atoms with Gasteiger partial charge in [-0.3, -0.25) is 4.84 Å². The van der Waals surface area contributed by atoms with Crippen LogP contribution in [0.4, 0.5) is 0 Å². The van der Waals surface area contributed by atoms with Crippen molar-refractivity contribution in [1.82, 2.24) is 5.06 Å². The molecular weight excluding hydrogens is 230 g/mol. The molecule has 1 heterocycles. The van der Waals surface area contributed by atoms with Crippen molar-refractivity contribution in [2.24, 2.45) is 0 Å². The number of nitrogens with zero attached hydrogens (tertiary/aromatic N) is 1. The number of hydrogen-bond acceptors (Lipinski definition) is 4. The smallest absolute Gasteiger partial charge is 0.330 e. The molecule has 0 bridgehead atoms. The van der Waals surface area contributed by atoms with E-state index >= 15 is 0 Å². The number of ether oxygens (including phenoxy) is 1. The van der Waals surface area contributed by atoms with Crippen LogP contribution in [-0.4, -0.2) is 34.8 Å². The minimum absolute atomic E-state index is 0.0859. The predicted molar refractivity (Wildman–Crippen MR) is 70.9 cm³/mol. The average Bonchev–Trinajstić information content (AvgIpc) is 2.22. The Bertz CT molecular complexity index is 305. The molecule has 0 spiro atoms. The zero-order valence-electron chi connectivity index (χ0n) is 12.2. The molecule has 18 heavy (non-hydrogen) atoms. The maximum absolute atomic E-state index is 11.3. The Labute approximate surface area is 110 Å². The van der Waals surface area contributed by atoms with Crippen LogP contribution in [0.15, 0.2) is 12.7 Å². The highest BCUT2D eigenvalue weighted by Crippen LogP contribution is 2.39. The molecule has 1 aliphatic rings. The summed E-state index contributed by atoms with van der Waals surface area (Å²) in [5.41, 5.74) is -0.326. The highest BCUT2D eigenvalue weighted by Gasteiger charge is 2.47. The van der Waals surface area contributed by atoms with Gasteiger partial charge in [-0.1, -0.05) is 6.58 Å². The van der Waals surface area contributed by atoms with Crippen LogP contribution in [0.2, 0.25) is 0 Å². The molecular formula is C14H25NO3. The number of esters is 1. The fourth-order valence-electron chi connectivity index (χ4n) is 2.95. The van der Waals surface area contributed by atoms with Gasteiger partial charge in [-0.15, -0.1) is 0 Å². The number of carbonyl (C=O) groups is 1. The van der Waals surface area contributed by atoms with Crippen molar-refractivity contribution in [2.45, 2.75) is 64.6 Å². The van der Waals surface area contributed by atoms with E-state index in [1.54, 1.807) is 0 Å². The Morgan fingerprint density at radius 3 is 2.22 bits per heavy atom. The number of carbonyl (C=O) groups excluding carboxylic acids is 1. The summed E-state index contributed by atoms with van der Waals surface area (Å²) in [5, 5.41) is 2.04. The molecule has 1 rings (SSSR count). The van der Waals surface area contributed by atoms with Crippen molar-refractivity contribution in [1.29, 1.82) is 0 Å². The van der Waals surface area contributed by atoms with Gasteiger partial charge in [0.15, 0.2) is 0 Å². The van der Waals surface area contributed by atoms with E-state index in [9.17, 15) is 4.79 Å². The van der Waals surface area contributed by atoms with E-state index in [1.807, 2.05) is 12.0 Å². The third kappa shape index (κ3) is 3.33. The fraction of sp³-hybridized carbons (Fsp3) is 0.786. The molecule has 1 fully saturated rings. The first kappa shape index (κ1) is 15.2. The highest BCUT2D eigenvalue weighted by atomic mass is 16.7. The summed E-state index contributed by atoms with van der Waals surface area (Å²) < 4.78 is 5.40. The van der Waals surface area contributed by atoms with Gasteiger partial charge >= 0.3 is 5.97 Å². The lowest BCUT2D eigenvalue weighted by atomic mass is 9.80. The summed E-state index contributed by atoms with van der Waals surface area (Å²) in [7, 11) is 0. The number of piperidine rings is 1. The second kappa shape index (κ2) is 5.41. The number of hydrogen-bond donors (Lipinski definition) is 0. The summed E-state index contributed by atoms with van der Waals surface area (Å²) in [6.07, 6.45) is 2.65. The van der Waals surface area contributed by atoms with Crippen LogP contribution in [0.5, 0.6) is 0 Å². The van der Waals surface area contributed by atoms with Gasteiger partial charge in [0.05, 0.1) is 6.61 Å². The van der Waals surface area contributed by atoms with E-state index in [4.69, 9.17) is 9.57 Å². The van der Waals surface area contributed by atoms with E-state index in [0.29, 0.717) is 6.61 Å². The lowest BCUT2D eigenvalue weighted by Gasteiger charge is -2.53. The molecule has 0 aliphatic carbocycles. The third-order valence-corrected chi connectivity index (χ3v) is 3.26. The lowest BCUT2D eigenvalue weighted by molar-refractivity contribution is -0.290. The number of hydroxylamine groups is 2. The third-order valence-electron chi connectivity index (χ3n) is 3.26. The topological polar surface area (TPSA) is 38.8 Å². The first-order valence-corrected chi connectivity index (χ1v) is 6.49. The van der Waals surface area contributed by atoms with Crippen molar-refractivity contribution >= 4 is 5.97 Å². The molecule has 0 atom stereocenters. The van der Waals surface area contributed by atoms with Gasteiger partial charge in [-0.25, -0.2) is 4.79 Å².